The molecule has 1 heterocycles. The minimum atomic E-state index is -0.575. The summed E-state index contributed by atoms with van der Waals surface area (Å²) in [5.74, 6) is 0.748. The highest BCUT2D eigenvalue weighted by atomic mass is 16.6. The van der Waals surface area contributed by atoms with E-state index in [0.29, 0.717) is 25.6 Å². The first-order chi connectivity index (χ1) is 11.2. The minimum absolute atomic E-state index is 0.0437. The molecule has 0 aromatic rings. The number of amides is 3. The lowest BCUT2D eigenvalue weighted by atomic mass is 9.96. The van der Waals surface area contributed by atoms with Crippen LogP contribution in [0.4, 0.5) is 4.79 Å². The van der Waals surface area contributed by atoms with Crippen LogP contribution in [0.5, 0.6) is 0 Å². The van der Waals surface area contributed by atoms with Gasteiger partial charge in [0.1, 0.15) is 12.1 Å². The van der Waals surface area contributed by atoms with Crippen LogP contribution in [0.2, 0.25) is 0 Å². The molecule has 2 fully saturated rings. The summed E-state index contributed by atoms with van der Waals surface area (Å²) >= 11 is 0. The molecule has 1 saturated heterocycles. The van der Waals surface area contributed by atoms with E-state index in [-0.39, 0.29) is 24.3 Å². The van der Waals surface area contributed by atoms with Gasteiger partial charge in [0.15, 0.2) is 0 Å². The molecule has 7 nitrogen and oxygen atoms in total. The van der Waals surface area contributed by atoms with E-state index in [0.717, 1.165) is 25.7 Å². The van der Waals surface area contributed by atoms with E-state index in [1.54, 1.807) is 25.7 Å². The van der Waals surface area contributed by atoms with Crippen LogP contribution in [0.25, 0.3) is 0 Å². The summed E-state index contributed by atoms with van der Waals surface area (Å²) in [4.78, 5) is 37.1. The lowest BCUT2D eigenvalue weighted by Gasteiger charge is -2.32. The van der Waals surface area contributed by atoms with Crippen molar-refractivity contribution in [1.82, 2.24) is 15.5 Å². The zero-order valence-electron chi connectivity index (χ0n) is 14.9. The van der Waals surface area contributed by atoms with Crippen molar-refractivity contribution in [1.29, 1.82) is 0 Å². The van der Waals surface area contributed by atoms with E-state index in [1.807, 2.05) is 0 Å². The first-order valence-corrected chi connectivity index (χ1v) is 8.77. The standard InChI is InChI=1S/C17H29N3O4/c1-17(2,3)24-16(23)19-11-14(21)20-8-6-12(7-9-20)10-18-15(22)13-4-5-13/h12-13H,4-11H2,1-3H3,(H,18,22)(H,19,23). The lowest BCUT2D eigenvalue weighted by Crippen LogP contribution is -2.46. The molecule has 2 N–H and O–H groups in total. The second-order valence-electron chi connectivity index (χ2n) is 7.70. The average molecular weight is 339 g/mol. The second-order valence-corrected chi connectivity index (χ2v) is 7.70. The van der Waals surface area contributed by atoms with Crippen molar-refractivity contribution in [3.8, 4) is 0 Å². The number of alkyl carbamates (subject to hydrolysis) is 1. The molecule has 2 aliphatic rings. The van der Waals surface area contributed by atoms with Crippen molar-refractivity contribution in [3.63, 3.8) is 0 Å². The maximum atomic E-state index is 12.1. The van der Waals surface area contributed by atoms with Crippen molar-refractivity contribution in [2.24, 2.45) is 11.8 Å². The van der Waals surface area contributed by atoms with Gasteiger partial charge < -0.3 is 20.3 Å². The van der Waals surface area contributed by atoms with E-state index in [1.165, 1.54) is 0 Å². The van der Waals surface area contributed by atoms with Crippen molar-refractivity contribution < 1.29 is 19.1 Å². The van der Waals surface area contributed by atoms with Gasteiger partial charge in [-0.25, -0.2) is 4.79 Å². The summed E-state index contributed by atoms with van der Waals surface area (Å²) in [6, 6.07) is 0. The number of hydrogen-bond acceptors (Lipinski definition) is 4. The van der Waals surface area contributed by atoms with Gasteiger partial charge in [0, 0.05) is 25.6 Å². The second kappa shape index (κ2) is 7.85. The Labute approximate surface area is 143 Å². The van der Waals surface area contributed by atoms with Crippen molar-refractivity contribution in [3.05, 3.63) is 0 Å². The Morgan fingerprint density at radius 2 is 1.67 bits per heavy atom. The van der Waals surface area contributed by atoms with E-state index in [2.05, 4.69) is 10.6 Å². The van der Waals surface area contributed by atoms with Crippen LogP contribution in [-0.4, -0.2) is 54.6 Å². The van der Waals surface area contributed by atoms with Crippen molar-refractivity contribution >= 4 is 17.9 Å². The fourth-order valence-electron chi connectivity index (χ4n) is 2.70. The maximum Gasteiger partial charge on any atom is 0.408 e. The maximum absolute atomic E-state index is 12.1. The highest BCUT2D eigenvalue weighted by Crippen LogP contribution is 2.29. The molecule has 1 aliphatic carbocycles. The van der Waals surface area contributed by atoms with Gasteiger partial charge >= 0.3 is 6.09 Å². The number of ether oxygens (including phenoxy) is 1. The monoisotopic (exact) mass is 339 g/mol. The smallest absolute Gasteiger partial charge is 0.408 e. The molecule has 24 heavy (non-hydrogen) atoms. The molecule has 0 bridgehead atoms. The number of nitrogens with one attached hydrogen (secondary N) is 2. The summed E-state index contributed by atoms with van der Waals surface area (Å²) in [7, 11) is 0. The summed E-state index contributed by atoms with van der Waals surface area (Å²) < 4.78 is 5.11. The highest BCUT2D eigenvalue weighted by Gasteiger charge is 2.30. The van der Waals surface area contributed by atoms with Gasteiger partial charge in [-0.3, -0.25) is 9.59 Å². The van der Waals surface area contributed by atoms with Gasteiger partial charge in [-0.05, 0) is 52.4 Å². The number of nitrogens with zero attached hydrogens (tertiary/aromatic N) is 1. The first-order valence-electron chi connectivity index (χ1n) is 8.77. The van der Waals surface area contributed by atoms with Crippen LogP contribution >= 0.6 is 0 Å². The third-order valence-corrected chi connectivity index (χ3v) is 4.26. The Balaban J connectivity index is 1.61. The summed E-state index contributed by atoms with van der Waals surface area (Å²) in [5.41, 5.74) is -0.573. The zero-order chi connectivity index (χ0) is 17.7. The predicted octanol–water partition coefficient (Wildman–Crippen LogP) is 1.28. The molecule has 0 spiro atoms. The van der Waals surface area contributed by atoms with E-state index in [4.69, 9.17) is 4.74 Å². The van der Waals surface area contributed by atoms with E-state index in [9.17, 15) is 14.4 Å². The number of likely N-dealkylation sites (tertiary alicyclic amines) is 1. The van der Waals surface area contributed by atoms with Gasteiger partial charge in [0.05, 0.1) is 0 Å². The fraction of sp³-hybridized carbons (Fsp3) is 0.824. The zero-order valence-corrected chi connectivity index (χ0v) is 14.9. The molecule has 0 radical (unpaired) electrons. The number of rotatable bonds is 5. The number of hydrogen-bond donors (Lipinski definition) is 2. The average Bonchev–Trinajstić information content (AvgIpc) is 3.34. The summed E-state index contributed by atoms with van der Waals surface area (Å²) in [6.45, 7) is 7.33. The van der Waals surface area contributed by atoms with Gasteiger partial charge in [-0.2, -0.15) is 0 Å². The minimum Gasteiger partial charge on any atom is -0.444 e. The Bertz CT molecular complexity index is 475. The van der Waals surface area contributed by atoms with Crippen LogP contribution < -0.4 is 10.6 Å². The van der Waals surface area contributed by atoms with Crippen LogP contribution in [0.3, 0.4) is 0 Å². The van der Waals surface area contributed by atoms with Gasteiger partial charge in [0.25, 0.3) is 0 Å². The topological polar surface area (TPSA) is 87.7 Å². The fourth-order valence-corrected chi connectivity index (χ4v) is 2.70. The van der Waals surface area contributed by atoms with Crippen molar-refractivity contribution in [2.75, 3.05) is 26.2 Å². The van der Waals surface area contributed by atoms with Gasteiger partial charge in [-0.1, -0.05) is 0 Å². The third-order valence-electron chi connectivity index (χ3n) is 4.26. The molecule has 0 unspecified atom stereocenters. The van der Waals surface area contributed by atoms with Crippen LogP contribution in [-0.2, 0) is 14.3 Å². The SMILES string of the molecule is CC(C)(C)OC(=O)NCC(=O)N1CCC(CNC(=O)C2CC2)CC1. The molecule has 2 rings (SSSR count). The molecule has 136 valence electrons. The van der Waals surface area contributed by atoms with Gasteiger partial charge in [0.2, 0.25) is 11.8 Å². The van der Waals surface area contributed by atoms with Crippen molar-refractivity contribution in [2.45, 2.75) is 52.1 Å². The number of piperidine rings is 1. The third kappa shape index (κ3) is 6.37. The van der Waals surface area contributed by atoms with E-state index >= 15 is 0 Å². The molecule has 0 aromatic carbocycles. The molecule has 1 saturated carbocycles. The Hall–Kier alpha value is -1.79. The Morgan fingerprint density at radius 1 is 1.04 bits per heavy atom. The largest absolute Gasteiger partial charge is 0.444 e. The molecule has 0 aromatic heterocycles. The predicted molar refractivity (Wildman–Crippen MR) is 89.3 cm³/mol. The van der Waals surface area contributed by atoms with Crippen LogP contribution in [0.15, 0.2) is 0 Å². The number of carbonyl (C=O) groups excluding carboxylic acids is 3. The normalized spacial score (nSPS) is 18.9. The lowest BCUT2D eigenvalue weighted by molar-refractivity contribution is -0.132. The summed E-state index contributed by atoms with van der Waals surface area (Å²) in [6.07, 6.45) is 3.22. The Morgan fingerprint density at radius 3 is 2.21 bits per heavy atom. The molecule has 7 heteroatoms. The summed E-state index contributed by atoms with van der Waals surface area (Å²) in [5, 5.41) is 5.50. The first kappa shape index (κ1) is 18.5. The molecule has 0 atom stereocenters. The van der Waals surface area contributed by atoms with Crippen LogP contribution in [0, 0.1) is 11.8 Å². The number of carbonyl (C=O) groups is 3. The molecular formula is C17H29N3O4. The highest BCUT2D eigenvalue weighted by molar-refractivity contribution is 5.82. The van der Waals surface area contributed by atoms with Gasteiger partial charge in [-0.15, -0.1) is 0 Å². The molecular weight excluding hydrogens is 310 g/mol. The quantitative estimate of drug-likeness (QED) is 0.790. The Kier molecular flexibility index (Phi) is 6.07. The van der Waals surface area contributed by atoms with E-state index < -0.39 is 11.7 Å². The molecule has 1 aliphatic heterocycles. The van der Waals surface area contributed by atoms with Crippen LogP contribution in [0.1, 0.15) is 46.5 Å². The molecule has 3 amide bonds.